The van der Waals surface area contributed by atoms with Crippen molar-refractivity contribution in [1.29, 1.82) is 0 Å². The summed E-state index contributed by atoms with van der Waals surface area (Å²) in [6.45, 7) is 0. The molecule has 0 saturated heterocycles. The number of tetrazole rings is 1. The Bertz CT molecular complexity index is 463. The van der Waals surface area contributed by atoms with Gasteiger partial charge in [0, 0.05) is 5.41 Å². The van der Waals surface area contributed by atoms with Gasteiger partial charge in [0.05, 0.1) is 0 Å². The first kappa shape index (κ1) is 11.4. The van der Waals surface area contributed by atoms with Crippen molar-refractivity contribution < 1.29 is 9.90 Å². The average molecular weight is 262 g/mol. The Kier molecular flexibility index (Phi) is 2.26. The molecule has 19 heavy (non-hydrogen) atoms. The van der Waals surface area contributed by atoms with E-state index in [2.05, 4.69) is 15.5 Å². The van der Waals surface area contributed by atoms with Crippen molar-refractivity contribution >= 4 is 5.97 Å². The van der Waals surface area contributed by atoms with Crippen molar-refractivity contribution in [3.63, 3.8) is 0 Å². The van der Waals surface area contributed by atoms with Crippen molar-refractivity contribution in [2.24, 2.45) is 23.2 Å². The lowest BCUT2D eigenvalue weighted by Crippen LogP contribution is -2.52. The summed E-state index contributed by atoms with van der Waals surface area (Å²) in [6, 6.07) is -0.587. The number of carboxylic acid groups (broad SMARTS) is 1. The Balaban J connectivity index is 1.75. The van der Waals surface area contributed by atoms with Gasteiger partial charge in [-0.15, -0.1) is 5.10 Å². The summed E-state index contributed by atoms with van der Waals surface area (Å²) in [5.41, 5.74) is -0.115. The van der Waals surface area contributed by atoms with E-state index in [0.717, 1.165) is 37.0 Å². The molecule has 1 atom stereocenters. The van der Waals surface area contributed by atoms with Gasteiger partial charge in [-0.05, 0) is 66.7 Å². The summed E-state index contributed by atoms with van der Waals surface area (Å²) >= 11 is 0. The molecule has 1 N–H and O–H groups in total. The van der Waals surface area contributed by atoms with E-state index in [1.165, 1.54) is 30.3 Å². The minimum atomic E-state index is -0.783. The number of aliphatic carboxylic acids is 1. The van der Waals surface area contributed by atoms with Crippen LogP contribution >= 0.6 is 0 Å². The predicted molar refractivity (Wildman–Crippen MR) is 65.1 cm³/mol. The number of rotatable bonds is 3. The maximum absolute atomic E-state index is 11.8. The molecule has 0 aromatic carbocycles. The molecular formula is C13H18N4O2. The Morgan fingerprint density at radius 3 is 2.21 bits per heavy atom. The van der Waals surface area contributed by atoms with E-state index in [1.807, 2.05) is 0 Å². The lowest BCUT2D eigenvalue weighted by molar-refractivity contribution is -0.156. The van der Waals surface area contributed by atoms with Gasteiger partial charge in [0.25, 0.3) is 0 Å². The zero-order valence-electron chi connectivity index (χ0n) is 10.8. The van der Waals surface area contributed by atoms with Gasteiger partial charge in [0.15, 0.2) is 6.04 Å². The fourth-order valence-corrected chi connectivity index (χ4v) is 5.45. The van der Waals surface area contributed by atoms with Crippen LogP contribution in [0.5, 0.6) is 0 Å². The van der Waals surface area contributed by atoms with Crippen molar-refractivity contribution in [1.82, 2.24) is 20.2 Å². The first-order valence-corrected chi connectivity index (χ1v) is 7.11. The van der Waals surface area contributed by atoms with Gasteiger partial charge >= 0.3 is 5.97 Å². The van der Waals surface area contributed by atoms with Crippen LogP contribution in [0.1, 0.15) is 44.6 Å². The second-order valence-corrected chi connectivity index (χ2v) is 6.81. The molecule has 4 fully saturated rings. The van der Waals surface area contributed by atoms with E-state index in [0.29, 0.717) is 0 Å². The minimum absolute atomic E-state index is 0.115. The molecule has 1 heterocycles. The lowest BCUT2D eigenvalue weighted by atomic mass is 9.47. The molecule has 0 aliphatic heterocycles. The first-order chi connectivity index (χ1) is 9.16. The van der Waals surface area contributed by atoms with Crippen LogP contribution < -0.4 is 0 Å². The van der Waals surface area contributed by atoms with Crippen molar-refractivity contribution in [2.75, 3.05) is 0 Å². The van der Waals surface area contributed by atoms with Crippen LogP contribution in [-0.4, -0.2) is 31.3 Å². The molecule has 4 aliphatic carbocycles. The fraction of sp³-hybridized carbons (Fsp3) is 0.846. The Morgan fingerprint density at radius 1 is 1.21 bits per heavy atom. The lowest BCUT2D eigenvalue weighted by Gasteiger charge is -2.58. The molecule has 102 valence electrons. The summed E-state index contributed by atoms with van der Waals surface area (Å²) < 4.78 is 1.47. The van der Waals surface area contributed by atoms with E-state index < -0.39 is 12.0 Å². The highest BCUT2D eigenvalue weighted by atomic mass is 16.4. The molecule has 4 bridgehead atoms. The molecule has 1 unspecified atom stereocenters. The van der Waals surface area contributed by atoms with Crippen molar-refractivity contribution in [2.45, 2.75) is 44.6 Å². The summed E-state index contributed by atoms with van der Waals surface area (Å²) in [5.74, 6) is 1.40. The van der Waals surface area contributed by atoms with Crippen LogP contribution in [-0.2, 0) is 4.79 Å². The van der Waals surface area contributed by atoms with Crippen molar-refractivity contribution in [3.05, 3.63) is 6.33 Å². The van der Waals surface area contributed by atoms with Crippen LogP contribution in [0.2, 0.25) is 0 Å². The smallest absolute Gasteiger partial charge is 0.329 e. The summed E-state index contributed by atoms with van der Waals surface area (Å²) in [5, 5.41) is 20.8. The number of nitrogens with zero attached hydrogens (tertiary/aromatic N) is 4. The van der Waals surface area contributed by atoms with E-state index in [-0.39, 0.29) is 5.41 Å². The standard InChI is InChI=1S/C13H18N4O2/c18-12(19)11(17-7-14-15-16-17)13-4-8-1-9(5-13)3-10(2-8)6-13/h7-11H,1-6H2,(H,18,19). The van der Waals surface area contributed by atoms with Crippen molar-refractivity contribution in [3.8, 4) is 0 Å². The quantitative estimate of drug-likeness (QED) is 0.893. The van der Waals surface area contributed by atoms with Crippen LogP contribution in [0.25, 0.3) is 0 Å². The molecule has 6 heteroatoms. The largest absolute Gasteiger partial charge is 0.480 e. The molecule has 5 rings (SSSR count). The highest BCUT2D eigenvalue weighted by Crippen LogP contribution is 2.63. The number of aromatic nitrogens is 4. The van der Waals surface area contributed by atoms with Crippen LogP contribution in [0.15, 0.2) is 6.33 Å². The van der Waals surface area contributed by atoms with E-state index >= 15 is 0 Å². The Morgan fingerprint density at radius 2 is 1.79 bits per heavy atom. The van der Waals surface area contributed by atoms with Gasteiger partial charge in [-0.25, -0.2) is 9.48 Å². The summed E-state index contributed by atoms with van der Waals surface area (Å²) in [7, 11) is 0. The molecule has 6 nitrogen and oxygen atoms in total. The molecule has 1 aromatic rings. The van der Waals surface area contributed by atoms with Gasteiger partial charge in [-0.2, -0.15) is 0 Å². The molecule has 4 saturated carbocycles. The predicted octanol–water partition coefficient (Wildman–Crippen LogP) is 1.52. The third-order valence-corrected chi connectivity index (χ3v) is 5.53. The molecule has 4 aliphatic rings. The normalized spacial score (nSPS) is 41.4. The summed E-state index contributed by atoms with van der Waals surface area (Å²) in [4.78, 5) is 11.8. The number of carboxylic acids is 1. The topological polar surface area (TPSA) is 80.9 Å². The Hall–Kier alpha value is -1.46. The van der Waals surface area contributed by atoms with Gasteiger partial charge < -0.3 is 5.11 Å². The molecule has 1 aromatic heterocycles. The number of hydrogen-bond acceptors (Lipinski definition) is 4. The van der Waals surface area contributed by atoms with Gasteiger partial charge in [-0.3, -0.25) is 0 Å². The first-order valence-electron chi connectivity index (χ1n) is 7.11. The van der Waals surface area contributed by atoms with Crippen LogP contribution in [0.4, 0.5) is 0 Å². The van der Waals surface area contributed by atoms with E-state index in [4.69, 9.17) is 0 Å². The maximum atomic E-state index is 11.8. The van der Waals surface area contributed by atoms with Gasteiger partial charge in [-0.1, -0.05) is 0 Å². The van der Waals surface area contributed by atoms with Crippen LogP contribution in [0, 0.1) is 23.2 Å². The van der Waals surface area contributed by atoms with Gasteiger partial charge in [0.1, 0.15) is 6.33 Å². The third kappa shape index (κ3) is 1.61. The average Bonchev–Trinajstić information content (AvgIpc) is 2.79. The molecule has 0 radical (unpaired) electrons. The zero-order chi connectivity index (χ0) is 13.0. The van der Waals surface area contributed by atoms with E-state index in [9.17, 15) is 9.90 Å². The zero-order valence-corrected chi connectivity index (χ0v) is 10.8. The SMILES string of the molecule is O=C(O)C(n1cnnn1)C12CC3CC(CC(C3)C1)C2. The fourth-order valence-electron chi connectivity index (χ4n) is 5.45. The minimum Gasteiger partial charge on any atom is -0.480 e. The van der Waals surface area contributed by atoms with Crippen LogP contribution in [0.3, 0.4) is 0 Å². The molecule has 0 spiro atoms. The van der Waals surface area contributed by atoms with Gasteiger partial charge in [0.2, 0.25) is 0 Å². The highest BCUT2D eigenvalue weighted by molar-refractivity contribution is 5.73. The second-order valence-electron chi connectivity index (χ2n) is 6.81. The molecule has 0 amide bonds. The monoisotopic (exact) mass is 262 g/mol. The third-order valence-electron chi connectivity index (χ3n) is 5.53. The number of hydrogen-bond donors (Lipinski definition) is 1. The Labute approximate surface area is 111 Å². The number of carbonyl (C=O) groups is 1. The maximum Gasteiger partial charge on any atom is 0.329 e. The highest BCUT2D eigenvalue weighted by Gasteiger charge is 2.57. The van der Waals surface area contributed by atoms with E-state index in [1.54, 1.807) is 0 Å². The molecular weight excluding hydrogens is 244 g/mol. The second kappa shape index (κ2) is 3.77. The summed E-state index contributed by atoms with van der Waals surface area (Å²) in [6.07, 6.45) is 8.49.